The van der Waals surface area contributed by atoms with E-state index in [2.05, 4.69) is 19.2 Å². The van der Waals surface area contributed by atoms with Crippen LogP contribution in [0.3, 0.4) is 0 Å². The second-order valence-corrected chi connectivity index (χ2v) is 6.37. The number of nitrogens with one attached hydrogen (secondary N) is 1. The van der Waals surface area contributed by atoms with Gasteiger partial charge in [-0.25, -0.2) is 0 Å². The summed E-state index contributed by atoms with van der Waals surface area (Å²) in [5.74, 6) is 1.06. The van der Waals surface area contributed by atoms with Crippen LogP contribution in [0, 0.1) is 0 Å². The van der Waals surface area contributed by atoms with Gasteiger partial charge in [0.25, 0.3) is 0 Å². The largest absolute Gasteiger partial charge is 0.394 e. The van der Waals surface area contributed by atoms with Gasteiger partial charge in [0.05, 0.1) is 13.2 Å². The summed E-state index contributed by atoms with van der Waals surface area (Å²) in [5.41, 5.74) is -0.0289. The van der Waals surface area contributed by atoms with Crippen molar-refractivity contribution in [1.29, 1.82) is 0 Å². The Hall–Kier alpha value is 0.230. The Morgan fingerprint density at radius 2 is 2.31 bits per heavy atom. The summed E-state index contributed by atoms with van der Waals surface area (Å²) in [7, 11) is 1.74. The molecule has 0 bridgehead atoms. The van der Waals surface area contributed by atoms with E-state index in [1.165, 1.54) is 6.42 Å². The highest BCUT2D eigenvalue weighted by Crippen LogP contribution is 2.37. The molecule has 0 spiro atoms. The zero-order chi connectivity index (χ0) is 12.0. The molecule has 4 heteroatoms. The third kappa shape index (κ3) is 4.24. The fourth-order valence-corrected chi connectivity index (χ4v) is 3.77. The Morgan fingerprint density at radius 3 is 2.88 bits per heavy atom. The minimum Gasteiger partial charge on any atom is -0.394 e. The third-order valence-electron chi connectivity index (χ3n) is 3.10. The Morgan fingerprint density at radius 1 is 1.56 bits per heavy atom. The summed E-state index contributed by atoms with van der Waals surface area (Å²) >= 11 is 1.98. The molecule has 0 saturated heterocycles. The van der Waals surface area contributed by atoms with Crippen molar-refractivity contribution in [2.24, 2.45) is 0 Å². The first-order valence-electron chi connectivity index (χ1n) is 6.11. The molecule has 0 radical (unpaired) electrons. The molecule has 0 aliphatic heterocycles. The SMILES string of the molecule is COCCSC1CCC(CO)(NC(C)C)C1. The topological polar surface area (TPSA) is 41.5 Å². The van der Waals surface area contributed by atoms with E-state index in [9.17, 15) is 5.11 Å². The molecule has 1 rings (SSSR count). The van der Waals surface area contributed by atoms with Crippen LogP contribution in [0.4, 0.5) is 0 Å². The molecule has 0 amide bonds. The summed E-state index contributed by atoms with van der Waals surface area (Å²) in [6.07, 6.45) is 3.37. The molecule has 2 N–H and O–H groups in total. The normalized spacial score (nSPS) is 30.2. The van der Waals surface area contributed by atoms with Crippen LogP contribution in [0.2, 0.25) is 0 Å². The Bertz CT molecular complexity index is 201. The fraction of sp³-hybridized carbons (Fsp3) is 1.00. The highest BCUT2D eigenvalue weighted by atomic mass is 32.2. The van der Waals surface area contributed by atoms with Gasteiger partial charge < -0.3 is 15.2 Å². The van der Waals surface area contributed by atoms with E-state index < -0.39 is 0 Å². The quantitative estimate of drug-likeness (QED) is 0.671. The molecule has 0 heterocycles. The van der Waals surface area contributed by atoms with Gasteiger partial charge in [-0.2, -0.15) is 11.8 Å². The van der Waals surface area contributed by atoms with Crippen LogP contribution in [-0.4, -0.2) is 48.0 Å². The van der Waals surface area contributed by atoms with Gasteiger partial charge in [-0.1, -0.05) is 13.8 Å². The standard InChI is InChI=1S/C12H25NO2S/c1-10(2)13-12(9-14)5-4-11(8-12)16-7-6-15-3/h10-11,13-14H,4-9H2,1-3H3. The maximum atomic E-state index is 9.56. The first kappa shape index (κ1) is 14.3. The van der Waals surface area contributed by atoms with E-state index in [0.717, 1.165) is 25.2 Å². The number of ether oxygens (including phenoxy) is 1. The van der Waals surface area contributed by atoms with Gasteiger partial charge in [0, 0.05) is 29.7 Å². The van der Waals surface area contributed by atoms with E-state index >= 15 is 0 Å². The van der Waals surface area contributed by atoms with Crippen molar-refractivity contribution in [2.75, 3.05) is 26.1 Å². The van der Waals surface area contributed by atoms with E-state index in [0.29, 0.717) is 11.3 Å². The van der Waals surface area contributed by atoms with Crippen LogP contribution in [0.15, 0.2) is 0 Å². The van der Waals surface area contributed by atoms with Gasteiger partial charge in [-0.15, -0.1) is 0 Å². The highest BCUT2D eigenvalue weighted by molar-refractivity contribution is 7.99. The number of hydrogen-bond acceptors (Lipinski definition) is 4. The average molecular weight is 247 g/mol. The molecule has 0 aromatic carbocycles. The highest BCUT2D eigenvalue weighted by Gasteiger charge is 2.38. The molecular formula is C12H25NO2S. The van der Waals surface area contributed by atoms with Crippen LogP contribution in [0.5, 0.6) is 0 Å². The summed E-state index contributed by atoms with van der Waals surface area (Å²) in [5, 5.41) is 13.8. The van der Waals surface area contributed by atoms with Crippen LogP contribution in [0.25, 0.3) is 0 Å². The molecule has 2 unspecified atom stereocenters. The zero-order valence-corrected chi connectivity index (χ0v) is 11.5. The number of aliphatic hydroxyl groups excluding tert-OH is 1. The van der Waals surface area contributed by atoms with Crippen molar-refractivity contribution < 1.29 is 9.84 Å². The van der Waals surface area contributed by atoms with Crippen molar-refractivity contribution in [1.82, 2.24) is 5.32 Å². The maximum Gasteiger partial charge on any atom is 0.0613 e. The molecule has 1 aliphatic carbocycles. The predicted octanol–water partition coefficient (Wildman–Crippen LogP) is 1.65. The van der Waals surface area contributed by atoms with Gasteiger partial charge in [0.2, 0.25) is 0 Å². The third-order valence-corrected chi connectivity index (χ3v) is 4.38. The summed E-state index contributed by atoms with van der Waals surface area (Å²) in [6, 6.07) is 0.440. The Labute approximate surface area is 103 Å². The van der Waals surface area contributed by atoms with E-state index in [1.807, 2.05) is 11.8 Å². The molecule has 1 fully saturated rings. The lowest BCUT2D eigenvalue weighted by atomic mass is 9.98. The average Bonchev–Trinajstić information content (AvgIpc) is 2.62. The van der Waals surface area contributed by atoms with Crippen molar-refractivity contribution >= 4 is 11.8 Å². The number of rotatable bonds is 7. The van der Waals surface area contributed by atoms with Crippen molar-refractivity contribution in [3.63, 3.8) is 0 Å². The summed E-state index contributed by atoms with van der Waals surface area (Å²) in [6.45, 7) is 5.36. The fourth-order valence-electron chi connectivity index (χ4n) is 2.45. The lowest BCUT2D eigenvalue weighted by Gasteiger charge is -2.31. The second-order valence-electron chi connectivity index (χ2n) is 4.97. The summed E-state index contributed by atoms with van der Waals surface area (Å²) < 4.78 is 5.06. The lowest BCUT2D eigenvalue weighted by molar-refractivity contribution is 0.156. The van der Waals surface area contributed by atoms with Gasteiger partial charge in [0.1, 0.15) is 0 Å². The minimum atomic E-state index is -0.0289. The van der Waals surface area contributed by atoms with Crippen LogP contribution in [-0.2, 0) is 4.74 Å². The molecular weight excluding hydrogens is 222 g/mol. The number of methoxy groups -OCH3 is 1. The smallest absolute Gasteiger partial charge is 0.0613 e. The van der Waals surface area contributed by atoms with E-state index in [4.69, 9.17) is 4.74 Å². The van der Waals surface area contributed by atoms with Gasteiger partial charge >= 0.3 is 0 Å². The Balaban J connectivity index is 2.35. The lowest BCUT2D eigenvalue weighted by Crippen LogP contribution is -2.49. The molecule has 2 atom stereocenters. The van der Waals surface area contributed by atoms with Gasteiger partial charge in [0.15, 0.2) is 0 Å². The molecule has 1 saturated carbocycles. The predicted molar refractivity (Wildman–Crippen MR) is 70.1 cm³/mol. The molecule has 1 aliphatic rings. The van der Waals surface area contributed by atoms with Crippen molar-refractivity contribution in [3.05, 3.63) is 0 Å². The minimum absolute atomic E-state index is 0.0289. The first-order chi connectivity index (χ1) is 7.62. The first-order valence-corrected chi connectivity index (χ1v) is 7.16. The van der Waals surface area contributed by atoms with Crippen LogP contribution in [0.1, 0.15) is 33.1 Å². The number of aliphatic hydroxyl groups is 1. The second kappa shape index (κ2) is 6.84. The number of hydrogen-bond donors (Lipinski definition) is 2. The molecule has 0 aromatic heterocycles. The molecule has 0 aromatic rings. The monoisotopic (exact) mass is 247 g/mol. The van der Waals surface area contributed by atoms with Gasteiger partial charge in [-0.3, -0.25) is 0 Å². The molecule has 96 valence electrons. The van der Waals surface area contributed by atoms with Crippen molar-refractivity contribution in [2.45, 2.75) is 49.9 Å². The van der Waals surface area contributed by atoms with Crippen LogP contribution >= 0.6 is 11.8 Å². The molecule has 3 nitrogen and oxygen atoms in total. The van der Waals surface area contributed by atoms with Gasteiger partial charge in [-0.05, 0) is 19.3 Å². The Kier molecular flexibility index (Phi) is 6.11. The summed E-state index contributed by atoms with van der Waals surface area (Å²) in [4.78, 5) is 0. The number of thioether (sulfide) groups is 1. The van der Waals surface area contributed by atoms with Crippen molar-refractivity contribution in [3.8, 4) is 0 Å². The van der Waals surface area contributed by atoms with Crippen LogP contribution < -0.4 is 5.32 Å². The molecule has 16 heavy (non-hydrogen) atoms. The van der Waals surface area contributed by atoms with E-state index in [1.54, 1.807) is 7.11 Å². The maximum absolute atomic E-state index is 9.56. The van der Waals surface area contributed by atoms with E-state index in [-0.39, 0.29) is 12.1 Å². The zero-order valence-electron chi connectivity index (χ0n) is 10.7.